The van der Waals surface area contributed by atoms with Crippen molar-refractivity contribution in [3.63, 3.8) is 0 Å². The second-order valence-corrected chi connectivity index (χ2v) is 9.38. The number of nitrogens with zero attached hydrogens (tertiary/aromatic N) is 3. The standard InChI is InChI=1S/C23H25FN4O3S2/c1-15(2)31-22(30)17-5-4-6-19(11-17)25-21(29)14-33-23-27-26-20(28(23)3)13-32-12-16-7-9-18(24)10-8-16/h4-11,15H,12-14H2,1-3H3,(H,25,29). The lowest BCUT2D eigenvalue weighted by Crippen LogP contribution is -2.16. The van der Waals surface area contributed by atoms with Crippen LogP contribution in [0, 0.1) is 5.82 Å². The largest absolute Gasteiger partial charge is 0.459 e. The van der Waals surface area contributed by atoms with Crippen molar-refractivity contribution < 1.29 is 18.7 Å². The zero-order chi connectivity index (χ0) is 23.8. The molecule has 0 spiro atoms. The predicted octanol–water partition coefficient (Wildman–Crippen LogP) is 4.68. The van der Waals surface area contributed by atoms with Crippen LogP contribution in [0.15, 0.2) is 53.7 Å². The summed E-state index contributed by atoms with van der Waals surface area (Å²) in [4.78, 5) is 24.4. The third-order valence-electron chi connectivity index (χ3n) is 4.40. The summed E-state index contributed by atoms with van der Waals surface area (Å²) in [6.45, 7) is 3.56. The number of thioether (sulfide) groups is 2. The Bertz CT molecular complexity index is 1100. The van der Waals surface area contributed by atoms with Crippen molar-refractivity contribution in [2.24, 2.45) is 7.05 Å². The second-order valence-electron chi connectivity index (χ2n) is 7.45. The number of nitrogens with one attached hydrogen (secondary N) is 1. The number of carbonyl (C=O) groups is 2. The third-order valence-corrected chi connectivity index (χ3v) is 6.42. The van der Waals surface area contributed by atoms with Crippen LogP contribution in [0.3, 0.4) is 0 Å². The predicted molar refractivity (Wildman–Crippen MR) is 129 cm³/mol. The van der Waals surface area contributed by atoms with Gasteiger partial charge in [-0.05, 0) is 49.7 Å². The van der Waals surface area contributed by atoms with E-state index in [0.29, 0.717) is 22.2 Å². The molecule has 1 amide bonds. The van der Waals surface area contributed by atoms with Crippen LogP contribution in [-0.2, 0) is 28.1 Å². The van der Waals surface area contributed by atoms with Gasteiger partial charge in [0.1, 0.15) is 11.6 Å². The van der Waals surface area contributed by atoms with Crippen molar-refractivity contribution in [1.29, 1.82) is 0 Å². The fraction of sp³-hybridized carbons (Fsp3) is 0.304. The number of carbonyl (C=O) groups excluding carboxylic acids is 2. The molecule has 3 aromatic rings. The van der Waals surface area contributed by atoms with Gasteiger partial charge in [0.25, 0.3) is 0 Å². The van der Waals surface area contributed by atoms with Gasteiger partial charge in [-0.1, -0.05) is 30.0 Å². The van der Waals surface area contributed by atoms with Gasteiger partial charge in [0, 0.05) is 18.5 Å². The first-order chi connectivity index (χ1) is 15.8. The second kappa shape index (κ2) is 11.9. The number of aromatic nitrogens is 3. The number of hydrogen-bond donors (Lipinski definition) is 1. The zero-order valence-corrected chi connectivity index (χ0v) is 20.2. The molecule has 0 atom stereocenters. The van der Waals surface area contributed by atoms with Gasteiger partial charge in [0.15, 0.2) is 5.16 Å². The Balaban J connectivity index is 1.48. The molecule has 0 saturated carbocycles. The average molecular weight is 489 g/mol. The molecule has 0 aliphatic heterocycles. The quantitative estimate of drug-likeness (QED) is 0.327. The molecule has 0 unspecified atom stereocenters. The summed E-state index contributed by atoms with van der Waals surface area (Å²) in [5, 5.41) is 11.8. The molecule has 0 aliphatic rings. The molecule has 1 heterocycles. The normalized spacial score (nSPS) is 10.9. The number of ether oxygens (including phenoxy) is 1. The van der Waals surface area contributed by atoms with E-state index in [2.05, 4.69) is 15.5 Å². The number of anilines is 1. The van der Waals surface area contributed by atoms with Crippen LogP contribution in [0.2, 0.25) is 0 Å². The maximum Gasteiger partial charge on any atom is 0.338 e. The summed E-state index contributed by atoms with van der Waals surface area (Å²) in [5.74, 6) is 1.43. The van der Waals surface area contributed by atoms with E-state index in [-0.39, 0.29) is 23.6 Å². The number of amides is 1. The molecule has 10 heteroatoms. The van der Waals surface area contributed by atoms with Crippen LogP contribution in [-0.4, -0.2) is 38.5 Å². The summed E-state index contributed by atoms with van der Waals surface area (Å²) in [6.07, 6.45) is -0.218. The van der Waals surface area contributed by atoms with E-state index < -0.39 is 5.97 Å². The van der Waals surface area contributed by atoms with Crippen molar-refractivity contribution in [2.45, 2.75) is 36.6 Å². The van der Waals surface area contributed by atoms with Gasteiger partial charge < -0.3 is 14.6 Å². The fourth-order valence-corrected chi connectivity index (χ4v) is 4.46. The summed E-state index contributed by atoms with van der Waals surface area (Å²) in [7, 11) is 1.86. The van der Waals surface area contributed by atoms with Crippen molar-refractivity contribution in [3.05, 3.63) is 71.3 Å². The third kappa shape index (κ3) is 7.61. The summed E-state index contributed by atoms with van der Waals surface area (Å²) < 4.78 is 20.0. The Morgan fingerprint density at radius 2 is 1.88 bits per heavy atom. The van der Waals surface area contributed by atoms with Crippen molar-refractivity contribution >= 4 is 41.1 Å². The van der Waals surface area contributed by atoms with E-state index in [0.717, 1.165) is 17.1 Å². The number of esters is 1. The lowest BCUT2D eigenvalue weighted by Gasteiger charge is -2.10. The molecule has 0 aliphatic carbocycles. The van der Waals surface area contributed by atoms with Gasteiger partial charge in [0.05, 0.1) is 23.2 Å². The lowest BCUT2D eigenvalue weighted by molar-refractivity contribution is -0.113. The topological polar surface area (TPSA) is 86.1 Å². The number of hydrogen-bond acceptors (Lipinski definition) is 7. The molecule has 0 radical (unpaired) electrons. The Morgan fingerprint density at radius 3 is 2.61 bits per heavy atom. The molecular weight excluding hydrogens is 463 g/mol. The zero-order valence-electron chi connectivity index (χ0n) is 18.6. The van der Waals surface area contributed by atoms with Gasteiger partial charge in [-0.15, -0.1) is 22.0 Å². The lowest BCUT2D eigenvalue weighted by atomic mass is 10.2. The highest BCUT2D eigenvalue weighted by molar-refractivity contribution is 7.99. The monoisotopic (exact) mass is 488 g/mol. The summed E-state index contributed by atoms with van der Waals surface area (Å²) >= 11 is 2.93. The maximum absolute atomic E-state index is 13.0. The Hall–Kier alpha value is -2.85. The highest BCUT2D eigenvalue weighted by Crippen LogP contribution is 2.21. The van der Waals surface area contributed by atoms with Crippen molar-refractivity contribution in [1.82, 2.24) is 14.8 Å². The Labute approximate surface area is 200 Å². The highest BCUT2D eigenvalue weighted by atomic mass is 32.2. The molecule has 7 nitrogen and oxygen atoms in total. The van der Waals surface area contributed by atoms with E-state index >= 15 is 0 Å². The number of benzene rings is 2. The average Bonchev–Trinajstić information content (AvgIpc) is 3.13. The molecule has 1 aromatic heterocycles. The van der Waals surface area contributed by atoms with E-state index in [9.17, 15) is 14.0 Å². The van der Waals surface area contributed by atoms with E-state index in [1.807, 2.05) is 11.6 Å². The summed E-state index contributed by atoms with van der Waals surface area (Å²) in [5.41, 5.74) is 1.94. The highest BCUT2D eigenvalue weighted by Gasteiger charge is 2.13. The van der Waals surface area contributed by atoms with Gasteiger partial charge >= 0.3 is 5.97 Å². The smallest absolute Gasteiger partial charge is 0.338 e. The molecule has 0 fully saturated rings. The first-order valence-electron chi connectivity index (χ1n) is 10.3. The van der Waals surface area contributed by atoms with Crippen LogP contribution in [0.1, 0.15) is 35.6 Å². The van der Waals surface area contributed by atoms with Crippen LogP contribution in [0.4, 0.5) is 10.1 Å². The van der Waals surface area contributed by atoms with Crippen LogP contribution < -0.4 is 5.32 Å². The number of rotatable bonds is 10. The molecule has 0 saturated heterocycles. The van der Waals surface area contributed by atoms with Crippen LogP contribution in [0.5, 0.6) is 0 Å². The molecule has 174 valence electrons. The minimum atomic E-state index is -0.431. The minimum absolute atomic E-state index is 0.148. The number of halogens is 1. The SMILES string of the molecule is CC(C)OC(=O)c1cccc(NC(=O)CSc2nnc(CSCc3ccc(F)cc3)n2C)c1. The maximum atomic E-state index is 13.0. The van der Waals surface area contributed by atoms with E-state index in [1.165, 1.54) is 23.9 Å². The Morgan fingerprint density at radius 1 is 1.12 bits per heavy atom. The van der Waals surface area contributed by atoms with Crippen LogP contribution >= 0.6 is 23.5 Å². The summed E-state index contributed by atoms with van der Waals surface area (Å²) in [6, 6.07) is 13.1. The molecule has 2 aromatic carbocycles. The molecule has 0 bridgehead atoms. The molecular formula is C23H25FN4O3S2. The van der Waals surface area contributed by atoms with Gasteiger partial charge in [0.2, 0.25) is 5.91 Å². The molecule has 1 N–H and O–H groups in total. The van der Waals surface area contributed by atoms with Gasteiger partial charge in [-0.25, -0.2) is 9.18 Å². The fourth-order valence-electron chi connectivity index (χ4n) is 2.77. The first-order valence-corrected chi connectivity index (χ1v) is 12.4. The first kappa shape index (κ1) is 24.8. The van der Waals surface area contributed by atoms with E-state index in [4.69, 9.17) is 4.74 Å². The minimum Gasteiger partial charge on any atom is -0.459 e. The van der Waals surface area contributed by atoms with Crippen molar-refractivity contribution in [3.8, 4) is 0 Å². The molecule has 3 rings (SSSR count). The Kier molecular flexibility index (Phi) is 8.90. The van der Waals surface area contributed by atoms with Crippen LogP contribution in [0.25, 0.3) is 0 Å². The van der Waals surface area contributed by atoms with Crippen molar-refractivity contribution in [2.75, 3.05) is 11.1 Å². The van der Waals surface area contributed by atoms with Gasteiger partial charge in [-0.2, -0.15) is 0 Å². The van der Waals surface area contributed by atoms with E-state index in [1.54, 1.807) is 62.0 Å². The molecule has 33 heavy (non-hydrogen) atoms. The van der Waals surface area contributed by atoms with Gasteiger partial charge in [-0.3, -0.25) is 4.79 Å².